The lowest BCUT2D eigenvalue weighted by Crippen LogP contribution is -2.10. The quantitative estimate of drug-likeness (QED) is 0.149. The molecule has 0 saturated carbocycles. The largest absolute Gasteiger partial charge is 0.455 e. The van der Waals surface area contributed by atoms with Gasteiger partial charge in [0.15, 0.2) is 0 Å². The van der Waals surface area contributed by atoms with E-state index in [1.165, 1.54) is 87.1 Å². The van der Waals surface area contributed by atoms with Gasteiger partial charge >= 0.3 is 0 Å². The molecule has 0 bridgehead atoms. The van der Waals surface area contributed by atoms with Crippen LogP contribution in [0.3, 0.4) is 0 Å². The average Bonchev–Trinajstić information content (AvgIpc) is 4.02. The maximum Gasteiger partial charge on any atom is 0.145 e. The Morgan fingerprint density at radius 3 is 1.30 bits per heavy atom. The van der Waals surface area contributed by atoms with Crippen LogP contribution >= 0.6 is 0 Å². The first kappa shape index (κ1) is 41.1. The highest BCUT2D eigenvalue weighted by atomic mass is 16.3. The van der Waals surface area contributed by atoms with Crippen molar-refractivity contribution in [2.24, 2.45) is 0 Å². The molecule has 2 heterocycles. The summed E-state index contributed by atoms with van der Waals surface area (Å²) >= 11 is 0. The Morgan fingerprint density at radius 1 is 0.301 bits per heavy atom. The third kappa shape index (κ3) is 6.46. The zero-order valence-corrected chi connectivity index (χ0v) is 39.7. The molecule has 0 radical (unpaired) electrons. The summed E-state index contributed by atoms with van der Waals surface area (Å²) in [5.41, 5.74) is 15.1. The summed E-state index contributed by atoms with van der Waals surface area (Å²) in [5, 5.41) is 14.6. The zero-order chi connectivity index (χ0) is 48.0. The Labute approximate surface area is 421 Å². The van der Waals surface area contributed by atoms with Gasteiger partial charge in [0.25, 0.3) is 0 Å². The molecule has 0 spiro atoms. The summed E-state index contributed by atoms with van der Waals surface area (Å²) in [6.07, 6.45) is 0. The molecular weight excluding hydrogens is 885 g/mol. The van der Waals surface area contributed by atoms with E-state index in [9.17, 15) is 0 Å². The molecule has 0 saturated heterocycles. The van der Waals surface area contributed by atoms with Crippen LogP contribution in [0.4, 0.5) is 17.1 Å². The molecule has 0 aliphatic rings. The van der Waals surface area contributed by atoms with Crippen molar-refractivity contribution in [3.8, 4) is 39.1 Å². The average molecular weight is 929 g/mol. The molecule has 0 aliphatic carbocycles. The van der Waals surface area contributed by atoms with Crippen LogP contribution in [0.15, 0.2) is 271 Å². The third-order valence-corrected chi connectivity index (χ3v) is 15.2. The Kier molecular flexibility index (Phi) is 9.26. The van der Waals surface area contributed by atoms with Crippen molar-refractivity contribution in [3.05, 3.63) is 267 Å². The van der Waals surface area contributed by atoms with Crippen molar-refractivity contribution in [1.29, 1.82) is 0 Å². The van der Waals surface area contributed by atoms with Crippen LogP contribution in [0.5, 0.6) is 0 Å². The van der Waals surface area contributed by atoms with Gasteiger partial charge in [0.05, 0.1) is 27.8 Å². The van der Waals surface area contributed by atoms with Gasteiger partial charge in [-0.1, -0.05) is 194 Å². The lowest BCUT2D eigenvalue weighted by atomic mass is 9.93. The molecule has 3 nitrogen and oxygen atoms in total. The SMILES string of the molecule is c1ccc(-n2c3ccccc3c3ccccc32)c(-c2ccc(N(c3ccc(-c4cc5ccccc5c5ccccc45)cc3)c3ccc(-c4cc5ccccc5c5ccccc45)cc3)c3c2oc2ccccc23)c1. The first-order valence-corrected chi connectivity index (χ1v) is 25.1. The molecule has 0 atom stereocenters. The minimum absolute atomic E-state index is 0.843. The monoisotopic (exact) mass is 928 g/mol. The first-order chi connectivity index (χ1) is 36.2. The number of benzene rings is 13. The topological polar surface area (TPSA) is 21.3 Å². The molecule has 13 aromatic carbocycles. The molecule has 340 valence electrons. The summed E-state index contributed by atoms with van der Waals surface area (Å²) in [7, 11) is 0. The number of hydrogen-bond acceptors (Lipinski definition) is 2. The molecule has 0 amide bonds. The number of para-hydroxylation sites is 4. The Bertz CT molecular complexity index is 4460. The van der Waals surface area contributed by atoms with Crippen molar-refractivity contribution in [1.82, 2.24) is 4.57 Å². The predicted octanol–water partition coefficient (Wildman–Crippen LogP) is 19.8. The van der Waals surface area contributed by atoms with Gasteiger partial charge in [-0.3, -0.25) is 0 Å². The highest BCUT2D eigenvalue weighted by Crippen LogP contribution is 2.49. The Hall–Kier alpha value is -9.70. The zero-order valence-electron chi connectivity index (χ0n) is 39.7. The van der Waals surface area contributed by atoms with Crippen molar-refractivity contribution >= 4 is 104 Å². The van der Waals surface area contributed by atoms with E-state index in [4.69, 9.17) is 4.42 Å². The van der Waals surface area contributed by atoms with Crippen LogP contribution in [0.25, 0.3) is 126 Å². The number of rotatable bonds is 7. The summed E-state index contributed by atoms with van der Waals surface area (Å²) < 4.78 is 9.53. The highest BCUT2D eigenvalue weighted by molar-refractivity contribution is 6.19. The summed E-state index contributed by atoms with van der Waals surface area (Å²) in [5.74, 6) is 0. The van der Waals surface area contributed by atoms with Crippen LogP contribution < -0.4 is 4.90 Å². The lowest BCUT2D eigenvalue weighted by molar-refractivity contribution is 0.670. The van der Waals surface area contributed by atoms with Gasteiger partial charge in [-0.25, -0.2) is 0 Å². The van der Waals surface area contributed by atoms with Crippen LogP contribution in [0.1, 0.15) is 0 Å². The molecule has 0 fully saturated rings. The standard InChI is InChI=1S/C70H44N2O/c1-3-19-51-47(17-1)43-62(55-23-7-5-21-53(51)55)45-33-37-49(38-34-45)71(50-39-35-46(36-40-50)63-44-48-18-2-4-20-52(48)54-22-6-8-24-56(54)63)67-42-41-60(70-69(67)61-28-12-16-32-68(61)73-70)59-27-11-15-31-66(59)72-64-29-13-9-25-57(64)58-26-10-14-30-65(58)72/h1-44H. The predicted molar refractivity (Wildman–Crippen MR) is 309 cm³/mol. The third-order valence-electron chi connectivity index (χ3n) is 15.2. The fourth-order valence-electron chi connectivity index (χ4n) is 11.9. The Balaban J connectivity index is 0.944. The maximum absolute atomic E-state index is 7.12. The normalized spacial score (nSPS) is 11.8. The number of aromatic nitrogens is 1. The molecule has 0 unspecified atom stereocenters. The van der Waals surface area contributed by atoms with E-state index < -0.39 is 0 Å². The number of fused-ring (bicyclic) bond motifs is 12. The Morgan fingerprint density at radius 2 is 0.740 bits per heavy atom. The minimum Gasteiger partial charge on any atom is -0.455 e. The van der Waals surface area contributed by atoms with E-state index in [-0.39, 0.29) is 0 Å². The number of nitrogens with zero attached hydrogens (tertiary/aromatic N) is 2. The van der Waals surface area contributed by atoms with E-state index in [1.807, 2.05) is 0 Å². The summed E-state index contributed by atoms with van der Waals surface area (Å²) in [6, 6.07) is 97.2. The maximum atomic E-state index is 7.12. The van der Waals surface area contributed by atoms with E-state index in [0.29, 0.717) is 0 Å². The molecule has 0 aliphatic heterocycles. The van der Waals surface area contributed by atoms with Crippen molar-refractivity contribution in [2.45, 2.75) is 0 Å². The van der Waals surface area contributed by atoms with E-state index in [2.05, 4.69) is 276 Å². The number of anilines is 3. The summed E-state index contributed by atoms with van der Waals surface area (Å²) in [6.45, 7) is 0. The van der Waals surface area contributed by atoms with Crippen LogP contribution in [-0.4, -0.2) is 4.57 Å². The van der Waals surface area contributed by atoms with Gasteiger partial charge in [0.1, 0.15) is 11.2 Å². The molecular formula is C70H44N2O. The molecule has 15 aromatic rings. The van der Waals surface area contributed by atoms with Gasteiger partial charge in [-0.05, 0) is 138 Å². The van der Waals surface area contributed by atoms with Crippen LogP contribution in [0.2, 0.25) is 0 Å². The molecule has 2 aromatic heterocycles. The van der Waals surface area contributed by atoms with E-state index >= 15 is 0 Å². The van der Waals surface area contributed by atoms with E-state index in [1.54, 1.807) is 0 Å². The second-order valence-electron chi connectivity index (χ2n) is 19.1. The van der Waals surface area contributed by atoms with Crippen molar-refractivity contribution < 1.29 is 4.42 Å². The van der Waals surface area contributed by atoms with Gasteiger partial charge in [-0.15, -0.1) is 0 Å². The molecule has 0 N–H and O–H groups in total. The van der Waals surface area contributed by atoms with E-state index in [0.717, 1.165) is 55.8 Å². The summed E-state index contributed by atoms with van der Waals surface area (Å²) in [4.78, 5) is 2.41. The second-order valence-corrected chi connectivity index (χ2v) is 19.1. The molecule has 15 rings (SSSR count). The minimum atomic E-state index is 0.843. The lowest BCUT2D eigenvalue weighted by Gasteiger charge is -2.27. The fourth-order valence-corrected chi connectivity index (χ4v) is 11.9. The molecule has 73 heavy (non-hydrogen) atoms. The highest BCUT2D eigenvalue weighted by Gasteiger charge is 2.25. The number of furan rings is 1. The van der Waals surface area contributed by atoms with Gasteiger partial charge in [0, 0.05) is 38.7 Å². The van der Waals surface area contributed by atoms with Crippen molar-refractivity contribution in [3.63, 3.8) is 0 Å². The van der Waals surface area contributed by atoms with Gasteiger partial charge < -0.3 is 13.9 Å². The second kappa shape index (κ2) is 16.4. The van der Waals surface area contributed by atoms with Crippen LogP contribution in [0, 0.1) is 0 Å². The van der Waals surface area contributed by atoms with Crippen LogP contribution in [-0.2, 0) is 0 Å². The first-order valence-electron chi connectivity index (χ1n) is 25.1. The van der Waals surface area contributed by atoms with Crippen molar-refractivity contribution in [2.75, 3.05) is 4.90 Å². The number of hydrogen-bond donors (Lipinski definition) is 0. The van der Waals surface area contributed by atoms with Gasteiger partial charge in [-0.2, -0.15) is 0 Å². The van der Waals surface area contributed by atoms with Gasteiger partial charge in [0.2, 0.25) is 0 Å². The smallest absolute Gasteiger partial charge is 0.145 e. The fraction of sp³-hybridized carbons (Fsp3) is 0. The molecule has 3 heteroatoms.